The smallest absolute Gasteiger partial charge is 0.233 e. The van der Waals surface area contributed by atoms with Gasteiger partial charge in [0.1, 0.15) is 0 Å². The van der Waals surface area contributed by atoms with Gasteiger partial charge in [-0.2, -0.15) is 0 Å². The molecule has 7 heteroatoms. The number of likely N-dealkylation sites (tertiary alicyclic amines) is 1. The molecule has 1 saturated heterocycles. The SMILES string of the molecule is CC1CCCCN1C(=O)CSc1nnnn1C1CC1. The summed E-state index contributed by atoms with van der Waals surface area (Å²) >= 11 is 1.46. The minimum atomic E-state index is 0.211. The average molecular weight is 281 g/mol. The lowest BCUT2D eigenvalue weighted by atomic mass is 10.0. The van der Waals surface area contributed by atoms with Crippen molar-refractivity contribution in [3.63, 3.8) is 0 Å². The van der Waals surface area contributed by atoms with Crippen molar-refractivity contribution < 1.29 is 4.79 Å². The molecule has 1 aromatic heterocycles. The van der Waals surface area contributed by atoms with Gasteiger partial charge in [-0.3, -0.25) is 4.79 Å². The van der Waals surface area contributed by atoms with Gasteiger partial charge >= 0.3 is 0 Å². The van der Waals surface area contributed by atoms with Gasteiger partial charge < -0.3 is 4.90 Å². The van der Waals surface area contributed by atoms with Crippen molar-refractivity contribution in [2.45, 2.75) is 56.3 Å². The molecule has 2 aliphatic rings. The van der Waals surface area contributed by atoms with E-state index in [2.05, 4.69) is 22.4 Å². The Labute approximate surface area is 116 Å². The highest BCUT2D eigenvalue weighted by Gasteiger charge is 2.29. The summed E-state index contributed by atoms with van der Waals surface area (Å²) in [5, 5.41) is 12.5. The van der Waals surface area contributed by atoms with E-state index in [4.69, 9.17) is 0 Å². The number of rotatable bonds is 4. The molecule has 1 unspecified atom stereocenters. The topological polar surface area (TPSA) is 63.9 Å². The lowest BCUT2D eigenvalue weighted by molar-refractivity contribution is -0.131. The van der Waals surface area contributed by atoms with E-state index in [1.807, 2.05) is 9.58 Å². The van der Waals surface area contributed by atoms with Crippen LogP contribution in [0.5, 0.6) is 0 Å². The van der Waals surface area contributed by atoms with Crippen LogP contribution in [0.2, 0.25) is 0 Å². The molecule has 1 saturated carbocycles. The number of hydrogen-bond donors (Lipinski definition) is 0. The Balaban J connectivity index is 1.56. The third-order valence-corrected chi connectivity index (χ3v) is 4.72. The largest absolute Gasteiger partial charge is 0.339 e. The first kappa shape index (κ1) is 12.9. The zero-order valence-electron chi connectivity index (χ0n) is 11.2. The number of nitrogens with zero attached hydrogens (tertiary/aromatic N) is 5. The first-order valence-corrected chi connectivity index (χ1v) is 7.94. The molecular weight excluding hydrogens is 262 g/mol. The summed E-state index contributed by atoms with van der Waals surface area (Å²) in [6.07, 6.45) is 5.78. The zero-order valence-corrected chi connectivity index (χ0v) is 12.0. The predicted octanol–water partition coefficient (Wildman–Crippen LogP) is 1.50. The molecule has 2 heterocycles. The quantitative estimate of drug-likeness (QED) is 0.783. The third kappa shape index (κ3) is 2.91. The molecule has 1 aromatic rings. The first-order chi connectivity index (χ1) is 9.25. The molecule has 0 aromatic carbocycles. The molecule has 1 aliphatic carbocycles. The Bertz CT molecular complexity index is 459. The number of carbonyl (C=O) groups is 1. The Hall–Kier alpha value is -1.11. The van der Waals surface area contributed by atoms with Crippen molar-refractivity contribution >= 4 is 17.7 Å². The van der Waals surface area contributed by atoms with Gasteiger partial charge in [0.25, 0.3) is 0 Å². The minimum Gasteiger partial charge on any atom is -0.339 e. The molecule has 0 bridgehead atoms. The van der Waals surface area contributed by atoms with Gasteiger partial charge in [-0.05, 0) is 49.5 Å². The van der Waals surface area contributed by atoms with Crippen molar-refractivity contribution in [1.82, 2.24) is 25.1 Å². The Morgan fingerprint density at radius 1 is 1.37 bits per heavy atom. The molecule has 1 amide bonds. The van der Waals surface area contributed by atoms with E-state index in [-0.39, 0.29) is 5.91 Å². The molecule has 3 rings (SSSR count). The Morgan fingerprint density at radius 3 is 2.95 bits per heavy atom. The summed E-state index contributed by atoms with van der Waals surface area (Å²) in [5.74, 6) is 0.653. The van der Waals surface area contributed by atoms with E-state index < -0.39 is 0 Å². The van der Waals surface area contributed by atoms with Crippen LogP contribution in [0, 0.1) is 0 Å². The number of piperidine rings is 1. The van der Waals surface area contributed by atoms with Gasteiger partial charge in [-0.1, -0.05) is 11.8 Å². The summed E-state index contributed by atoms with van der Waals surface area (Å²) in [6, 6.07) is 0.836. The van der Waals surface area contributed by atoms with Crippen LogP contribution >= 0.6 is 11.8 Å². The van der Waals surface area contributed by atoms with Gasteiger partial charge in [0.2, 0.25) is 11.1 Å². The normalized spacial score (nSPS) is 23.6. The second-order valence-corrected chi connectivity index (χ2v) is 6.30. The number of tetrazole rings is 1. The number of thioether (sulfide) groups is 1. The number of hydrogen-bond acceptors (Lipinski definition) is 5. The molecule has 1 aliphatic heterocycles. The van der Waals surface area contributed by atoms with Crippen LogP contribution in [-0.2, 0) is 4.79 Å². The second kappa shape index (κ2) is 5.48. The van der Waals surface area contributed by atoms with E-state index in [0.717, 1.165) is 37.4 Å². The molecule has 0 radical (unpaired) electrons. The van der Waals surface area contributed by atoms with Crippen LogP contribution in [0.4, 0.5) is 0 Å². The summed E-state index contributed by atoms with van der Waals surface area (Å²) in [6.45, 7) is 3.03. The molecule has 19 heavy (non-hydrogen) atoms. The van der Waals surface area contributed by atoms with Crippen LogP contribution in [0.15, 0.2) is 5.16 Å². The average Bonchev–Trinajstić information content (AvgIpc) is 3.15. The Kier molecular flexibility index (Phi) is 3.72. The van der Waals surface area contributed by atoms with E-state index in [0.29, 0.717) is 17.8 Å². The van der Waals surface area contributed by atoms with Crippen molar-refractivity contribution in [1.29, 1.82) is 0 Å². The van der Waals surface area contributed by atoms with Crippen LogP contribution in [0.3, 0.4) is 0 Å². The van der Waals surface area contributed by atoms with E-state index in [1.54, 1.807) is 0 Å². The first-order valence-electron chi connectivity index (χ1n) is 6.96. The summed E-state index contributed by atoms with van der Waals surface area (Å²) < 4.78 is 1.86. The van der Waals surface area contributed by atoms with Gasteiger partial charge in [-0.15, -0.1) is 5.10 Å². The van der Waals surface area contributed by atoms with E-state index in [9.17, 15) is 4.79 Å². The summed E-state index contributed by atoms with van der Waals surface area (Å²) in [4.78, 5) is 14.2. The van der Waals surface area contributed by atoms with Gasteiger partial charge in [0.05, 0.1) is 11.8 Å². The highest BCUT2D eigenvalue weighted by atomic mass is 32.2. The van der Waals surface area contributed by atoms with Crippen molar-refractivity contribution in [3.05, 3.63) is 0 Å². The molecule has 6 nitrogen and oxygen atoms in total. The van der Waals surface area contributed by atoms with Gasteiger partial charge in [0.15, 0.2) is 0 Å². The fraction of sp³-hybridized carbons (Fsp3) is 0.833. The van der Waals surface area contributed by atoms with Crippen LogP contribution in [0.25, 0.3) is 0 Å². The maximum Gasteiger partial charge on any atom is 0.233 e. The highest BCUT2D eigenvalue weighted by molar-refractivity contribution is 7.99. The van der Waals surface area contributed by atoms with E-state index >= 15 is 0 Å². The van der Waals surface area contributed by atoms with Gasteiger partial charge in [0, 0.05) is 12.6 Å². The molecule has 2 fully saturated rings. The third-order valence-electron chi connectivity index (χ3n) is 3.80. The lowest BCUT2D eigenvalue weighted by Crippen LogP contribution is -2.43. The van der Waals surface area contributed by atoms with Crippen LogP contribution < -0.4 is 0 Å². The van der Waals surface area contributed by atoms with Gasteiger partial charge in [-0.25, -0.2) is 4.68 Å². The maximum atomic E-state index is 12.2. The van der Waals surface area contributed by atoms with Crippen molar-refractivity contribution in [2.24, 2.45) is 0 Å². The molecule has 0 spiro atoms. The maximum absolute atomic E-state index is 12.2. The van der Waals surface area contributed by atoms with Crippen molar-refractivity contribution in [2.75, 3.05) is 12.3 Å². The van der Waals surface area contributed by atoms with E-state index in [1.165, 1.54) is 18.2 Å². The lowest BCUT2D eigenvalue weighted by Gasteiger charge is -2.33. The fourth-order valence-corrected chi connectivity index (χ4v) is 3.34. The number of carbonyl (C=O) groups excluding carboxylic acids is 1. The summed E-state index contributed by atoms with van der Waals surface area (Å²) in [5.41, 5.74) is 0. The van der Waals surface area contributed by atoms with Crippen LogP contribution in [0.1, 0.15) is 45.1 Å². The predicted molar refractivity (Wildman–Crippen MR) is 71.8 cm³/mol. The standard InChI is InChI=1S/C12H19N5OS/c1-9-4-2-3-7-16(9)11(18)8-19-12-13-14-15-17(12)10-5-6-10/h9-10H,2-8H2,1H3. The molecule has 0 N–H and O–H groups in total. The number of amides is 1. The second-order valence-electron chi connectivity index (χ2n) is 5.36. The number of aromatic nitrogens is 4. The molecular formula is C12H19N5OS. The molecule has 1 atom stereocenters. The molecule has 104 valence electrons. The summed E-state index contributed by atoms with van der Waals surface area (Å²) in [7, 11) is 0. The fourth-order valence-electron chi connectivity index (χ4n) is 2.51. The van der Waals surface area contributed by atoms with Crippen molar-refractivity contribution in [3.8, 4) is 0 Å². The highest BCUT2D eigenvalue weighted by Crippen LogP contribution is 2.36. The zero-order chi connectivity index (χ0) is 13.2. The minimum absolute atomic E-state index is 0.211. The van der Waals surface area contributed by atoms with Crippen LogP contribution in [-0.4, -0.2) is 49.4 Å². The monoisotopic (exact) mass is 281 g/mol. The Morgan fingerprint density at radius 2 is 2.21 bits per heavy atom.